The SMILES string of the molecule is O=C(O)N1C[C@@H]2C[C@H]1c1c(O)n(-c3cccc(C(F)(F)F)c3)c(=O)n12. The Morgan fingerprint density at radius 2 is 2.00 bits per heavy atom. The van der Waals surface area contributed by atoms with Gasteiger partial charge in [-0.05, 0) is 24.6 Å². The number of nitrogens with zero attached hydrogens (tertiary/aromatic N) is 3. The fraction of sp³-hybridized carbons (Fsp3) is 0.333. The van der Waals surface area contributed by atoms with Gasteiger partial charge in [-0.1, -0.05) is 6.07 Å². The molecule has 2 atom stereocenters. The quantitative estimate of drug-likeness (QED) is 0.822. The lowest BCUT2D eigenvalue weighted by molar-refractivity contribution is -0.137. The molecule has 1 amide bonds. The van der Waals surface area contributed by atoms with E-state index in [2.05, 4.69) is 0 Å². The van der Waals surface area contributed by atoms with Crippen LogP contribution in [0.3, 0.4) is 0 Å². The first kappa shape index (κ1) is 15.6. The normalized spacial score (nSPS) is 21.6. The molecule has 1 aromatic heterocycles. The number of benzene rings is 1. The maximum Gasteiger partial charge on any atom is 0.416 e. The molecule has 1 fully saturated rings. The van der Waals surface area contributed by atoms with E-state index in [1.54, 1.807) is 0 Å². The minimum absolute atomic E-state index is 0.110. The first-order chi connectivity index (χ1) is 11.7. The molecule has 132 valence electrons. The molecule has 2 aliphatic rings. The number of halogens is 3. The van der Waals surface area contributed by atoms with E-state index in [1.165, 1.54) is 10.6 Å². The number of rotatable bonds is 1. The van der Waals surface area contributed by atoms with Crippen molar-refractivity contribution < 1.29 is 28.2 Å². The summed E-state index contributed by atoms with van der Waals surface area (Å²) in [5.41, 5.74) is -1.62. The zero-order chi connectivity index (χ0) is 18.1. The number of fused-ring (bicyclic) bond motifs is 5. The number of amides is 1. The number of hydrogen-bond acceptors (Lipinski definition) is 3. The van der Waals surface area contributed by atoms with Gasteiger partial charge in [0.25, 0.3) is 0 Å². The highest BCUT2D eigenvalue weighted by Crippen LogP contribution is 2.48. The predicted octanol–water partition coefficient (Wildman–Crippen LogP) is 2.34. The van der Waals surface area contributed by atoms with Crippen molar-refractivity contribution in [3.8, 4) is 11.6 Å². The van der Waals surface area contributed by atoms with Gasteiger partial charge in [0.05, 0.1) is 23.3 Å². The molecule has 10 heteroatoms. The Bertz CT molecular complexity index is 946. The van der Waals surface area contributed by atoms with Crippen LogP contribution in [0.25, 0.3) is 5.69 Å². The lowest BCUT2D eigenvalue weighted by Crippen LogP contribution is -2.36. The number of likely N-dealkylation sites (tertiary alicyclic amines) is 1. The van der Waals surface area contributed by atoms with Crippen LogP contribution in [-0.4, -0.2) is 36.9 Å². The molecular weight excluding hydrogens is 343 g/mol. The largest absolute Gasteiger partial charge is 0.493 e. The van der Waals surface area contributed by atoms with Crippen LogP contribution >= 0.6 is 0 Å². The Balaban J connectivity index is 1.87. The van der Waals surface area contributed by atoms with E-state index in [-0.39, 0.29) is 17.9 Å². The number of imidazole rings is 1. The molecule has 0 aliphatic carbocycles. The van der Waals surface area contributed by atoms with Crippen molar-refractivity contribution in [1.82, 2.24) is 14.0 Å². The van der Waals surface area contributed by atoms with Gasteiger partial charge in [-0.3, -0.25) is 9.47 Å². The molecule has 1 saturated heterocycles. The summed E-state index contributed by atoms with van der Waals surface area (Å²) >= 11 is 0. The topological polar surface area (TPSA) is 87.7 Å². The van der Waals surface area contributed by atoms with E-state index in [1.807, 2.05) is 0 Å². The number of carbonyl (C=O) groups is 1. The molecule has 4 rings (SSSR count). The zero-order valence-electron chi connectivity index (χ0n) is 12.6. The van der Waals surface area contributed by atoms with Gasteiger partial charge in [0.2, 0.25) is 5.88 Å². The Labute approximate surface area is 138 Å². The van der Waals surface area contributed by atoms with Crippen LogP contribution in [0.4, 0.5) is 18.0 Å². The van der Waals surface area contributed by atoms with Crippen LogP contribution in [0, 0.1) is 0 Å². The molecule has 3 heterocycles. The summed E-state index contributed by atoms with van der Waals surface area (Å²) in [6.45, 7) is 0.110. The Morgan fingerprint density at radius 3 is 2.64 bits per heavy atom. The summed E-state index contributed by atoms with van der Waals surface area (Å²) in [5, 5.41) is 19.6. The van der Waals surface area contributed by atoms with Gasteiger partial charge in [-0.2, -0.15) is 13.2 Å². The molecule has 0 radical (unpaired) electrons. The summed E-state index contributed by atoms with van der Waals surface area (Å²) in [6, 6.07) is 2.95. The molecule has 2 N–H and O–H groups in total. The zero-order valence-corrected chi connectivity index (χ0v) is 12.6. The van der Waals surface area contributed by atoms with Gasteiger partial charge in [0, 0.05) is 6.54 Å². The third-order valence-electron chi connectivity index (χ3n) is 4.73. The van der Waals surface area contributed by atoms with E-state index in [0.29, 0.717) is 6.42 Å². The molecule has 0 unspecified atom stereocenters. The van der Waals surface area contributed by atoms with E-state index in [0.717, 1.165) is 27.7 Å². The molecule has 2 aliphatic heterocycles. The second-order valence-electron chi connectivity index (χ2n) is 6.09. The molecule has 2 bridgehead atoms. The van der Waals surface area contributed by atoms with Crippen molar-refractivity contribution in [2.75, 3.05) is 6.54 Å². The summed E-state index contributed by atoms with van der Waals surface area (Å²) in [4.78, 5) is 25.0. The van der Waals surface area contributed by atoms with Crippen LogP contribution in [0.1, 0.15) is 29.8 Å². The Hall–Kier alpha value is -2.91. The third-order valence-corrected chi connectivity index (χ3v) is 4.73. The number of carboxylic acid groups (broad SMARTS) is 1. The molecule has 0 spiro atoms. The summed E-state index contributed by atoms with van der Waals surface area (Å²) in [5.74, 6) is -0.525. The second-order valence-corrected chi connectivity index (χ2v) is 6.09. The highest BCUT2D eigenvalue weighted by atomic mass is 19.4. The third kappa shape index (κ3) is 2.06. The molecule has 25 heavy (non-hydrogen) atoms. The van der Waals surface area contributed by atoms with Gasteiger partial charge in [-0.15, -0.1) is 0 Å². The highest BCUT2D eigenvalue weighted by molar-refractivity contribution is 5.67. The first-order valence-corrected chi connectivity index (χ1v) is 7.43. The van der Waals surface area contributed by atoms with Crippen molar-refractivity contribution in [3.05, 3.63) is 46.0 Å². The van der Waals surface area contributed by atoms with Gasteiger partial charge in [0.1, 0.15) is 5.69 Å². The lowest BCUT2D eigenvalue weighted by Gasteiger charge is -2.24. The smallest absolute Gasteiger partial charge is 0.416 e. The average Bonchev–Trinajstić information content (AvgIpc) is 3.18. The Morgan fingerprint density at radius 1 is 1.28 bits per heavy atom. The van der Waals surface area contributed by atoms with Gasteiger partial charge >= 0.3 is 18.0 Å². The number of aromatic nitrogens is 2. The number of aromatic hydroxyl groups is 1. The number of hydrogen-bond donors (Lipinski definition) is 2. The van der Waals surface area contributed by atoms with Crippen LogP contribution < -0.4 is 5.69 Å². The van der Waals surface area contributed by atoms with E-state index in [4.69, 9.17) is 0 Å². The fourth-order valence-electron chi connectivity index (χ4n) is 3.71. The number of alkyl halides is 3. The maximum absolute atomic E-state index is 12.9. The summed E-state index contributed by atoms with van der Waals surface area (Å²) in [7, 11) is 0. The fourth-order valence-corrected chi connectivity index (χ4v) is 3.71. The lowest BCUT2D eigenvalue weighted by atomic mass is 10.2. The summed E-state index contributed by atoms with van der Waals surface area (Å²) < 4.78 is 40.7. The molecule has 7 nitrogen and oxygen atoms in total. The van der Waals surface area contributed by atoms with Crippen LogP contribution in [0.5, 0.6) is 5.88 Å². The van der Waals surface area contributed by atoms with Crippen LogP contribution in [0.15, 0.2) is 29.1 Å². The van der Waals surface area contributed by atoms with Gasteiger partial charge in [0.15, 0.2) is 0 Å². The minimum atomic E-state index is -4.59. The van der Waals surface area contributed by atoms with Crippen molar-refractivity contribution in [2.45, 2.75) is 24.7 Å². The molecule has 0 saturated carbocycles. The monoisotopic (exact) mass is 355 g/mol. The highest BCUT2D eigenvalue weighted by Gasteiger charge is 2.49. The van der Waals surface area contributed by atoms with Crippen LogP contribution in [-0.2, 0) is 6.18 Å². The van der Waals surface area contributed by atoms with E-state index < -0.39 is 41.5 Å². The molecular formula is C15H12F3N3O4. The standard InChI is InChI=1S/C15H12F3N3O4/c16-15(17,18)7-2-1-3-8(4-7)21-12(22)11-10-5-9(20(11)13(21)23)6-19(10)14(24)25/h1-4,9-10,22H,5-6H2,(H,24,25)/t9-,10-/m0/s1. The predicted molar refractivity (Wildman–Crippen MR) is 77.8 cm³/mol. The van der Waals surface area contributed by atoms with Crippen LogP contribution in [0.2, 0.25) is 0 Å². The van der Waals surface area contributed by atoms with Crippen molar-refractivity contribution in [3.63, 3.8) is 0 Å². The average molecular weight is 355 g/mol. The van der Waals surface area contributed by atoms with E-state index >= 15 is 0 Å². The first-order valence-electron chi connectivity index (χ1n) is 7.43. The maximum atomic E-state index is 12.9. The van der Waals surface area contributed by atoms with Gasteiger partial charge < -0.3 is 10.2 Å². The van der Waals surface area contributed by atoms with E-state index in [9.17, 15) is 33.0 Å². The second kappa shape index (κ2) is 4.80. The van der Waals surface area contributed by atoms with Crippen molar-refractivity contribution in [1.29, 1.82) is 0 Å². The summed E-state index contributed by atoms with van der Waals surface area (Å²) in [6.07, 6.45) is -5.39. The molecule has 2 aromatic rings. The minimum Gasteiger partial charge on any atom is -0.493 e. The molecule has 1 aromatic carbocycles. The van der Waals surface area contributed by atoms with Crippen molar-refractivity contribution in [2.24, 2.45) is 0 Å². The Kier molecular flexibility index (Phi) is 3.00. The van der Waals surface area contributed by atoms with Gasteiger partial charge in [-0.25, -0.2) is 14.2 Å². The van der Waals surface area contributed by atoms with Crippen molar-refractivity contribution >= 4 is 6.09 Å².